The average molecular weight is 452 g/mol. The Morgan fingerprint density at radius 1 is 1.33 bits per heavy atom. The molecule has 11 heteroatoms. The van der Waals surface area contributed by atoms with Gasteiger partial charge in [-0.15, -0.1) is 0 Å². The van der Waals surface area contributed by atoms with Gasteiger partial charge in [-0.1, -0.05) is 0 Å². The Morgan fingerprint density at radius 2 is 2.06 bits per heavy atom. The van der Waals surface area contributed by atoms with Gasteiger partial charge in [0, 0.05) is 48.6 Å². The van der Waals surface area contributed by atoms with Crippen LogP contribution in [0.2, 0.25) is 0 Å². The summed E-state index contributed by atoms with van der Waals surface area (Å²) in [6.07, 6.45) is 3.04. The number of nitro groups is 1. The van der Waals surface area contributed by atoms with E-state index in [1.54, 1.807) is 24.4 Å². The van der Waals surface area contributed by atoms with Gasteiger partial charge in [-0.3, -0.25) is 19.9 Å². The molecule has 0 aliphatic rings. The maximum Gasteiger partial charge on any atom is 0.315 e. The van der Waals surface area contributed by atoms with E-state index in [9.17, 15) is 34.8 Å². The van der Waals surface area contributed by atoms with Crippen LogP contribution in [0.25, 0.3) is 16.5 Å². The SMILES string of the molecule is COc1cc(/C(O)=C(\C#N)C(=O)N(C)Cc2cc3ccncc3cc2F)cc([N+](=O)[O-])c1O. The van der Waals surface area contributed by atoms with Crippen molar-refractivity contribution in [2.45, 2.75) is 6.54 Å². The van der Waals surface area contributed by atoms with Gasteiger partial charge in [0.1, 0.15) is 17.6 Å². The van der Waals surface area contributed by atoms with Crippen molar-refractivity contribution in [3.63, 3.8) is 0 Å². The highest BCUT2D eigenvalue weighted by atomic mass is 19.1. The molecule has 168 valence electrons. The number of carbonyl (C=O) groups excluding carboxylic acids is 1. The first-order chi connectivity index (χ1) is 15.7. The van der Waals surface area contributed by atoms with Gasteiger partial charge in [-0.25, -0.2) is 4.39 Å². The Morgan fingerprint density at radius 3 is 2.70 bits per heavy atom. The number of aromatic hydroxyl groups is 1. The number of carbonyl (C=O) groups is 1. The fourth-order valence-electron chi connectivity index (χ4n) is 3.17. The van der Waals surface area contributed by atoms with E-state index in [1.807, 2.05) is 0 Å². The number of aliphatic hydroxyl groups is 1. The number of nitriles is 1. The molecule has 2 aromatic carbocycles. The van der Waals surface area contributed by atoms with Crippen LogP contribution in [-0.4, -0.2) is 45.1 Å². The van der Waals surface area contributed by atoms with E-state index in [0.717, 1.165) is 24.1 Å². The highest BCUT2D eigenvalue weighted by Crippen LogP contribution is 2.38. The van der Waals surface area contributed by atoms with Gasteiger partial charge in [-0.2, -0.15) is 5.26 Å². The number of phenols is 1. The van der Waals surface area contributed by atoms with Crippen LogP contribution in [0.4, 0.5) is 10.1 Å². The number of hydrogen-bond acceptors (Lipinski definition) is 8. The monoisotopic (exact) mass is 452 g/mol. The Bertz CT molecular complexity index is 1350. The first kappa shape index (κ1) is 23.0. The first-order valence-corrected chi connectivity index (χ1v) is 9.34. The van der Waals surface area contributed by atoms with Gasteiger partial charge >= 0.3 is 5.69 Å². The highest BCUT2D eigenvalue weighted by Gasteiger charge is 2.26. The minimum atomic E-state index is -0.945. The molecule has 0 saturated carbocycles. The maximum absolute atomic E-state index is 14.5. The second-order valence-corrected chi connectivity index (χ2v) is 6.97. The second-order valence-electron chi connectivity index (χ2n) is 6.97. The van der Waals surface area contributed by atoms with E-state index in [0.29, 0.717) is 10.8 Å². The van der Waals surface area contributed by atoms with Crippen LogP contribution in [0.15, 0.2) is 48.3 Å². The zero-order valence-corrected chi connectivity index (χ0v) is 17.4. The maximum atomic E-state index is 14.5. The van der Waals surface area contributed by atoms with Crippen molar-refractivity contribution < 1.29 is 29.1 Å². The predicted molar refractivity (Wildman–Crippen MR) is 115 cm³/mol. The van der Waals surface area contributed by atoms with Crippen LogP contribution in [0, 0.1) is 27.3 Å². The average Bonchev–Trinajstić information content (AvgIpc) is 2.79. The van der Waals surface area contributed by atoms with Crippen molar-refractivity contribution >= 4 is 28.1 Å². The number of phenolic OH excluding ortho intramolecular Hbond substituents is 1. The fraction of sp³-hybridized carbons (Fsp3) is 0.136. The number of methoxy groups -OCH3 is 1. The number of likely N-dealkylation sites (N-methyl/N-ethyl adjacent to an activating group) is 1. The lowest BCUT2D eigenvalue weighted by Crippen LogP contribution is -2.28. The number of nitro benzene ring substituents is 1. The quantitative estimate of drug-likeness (QED) is 0.190. The zero-order chi connectivity index (χ0) is 24.3. The molecular formula is C22H17FN4O6. The van der Waals surface area contributed by atoms with Crippen LogP contribution in [0.3, 0.4) is 0 Å². The second kappa shape index (κ2) is 9.19. The molecule has 33 heavy (non-hydrogen) atoms. The van der Waals surface area contributed by atoms with Crippen molar-refractivity contribution in [3.8, 4) is 17.6 Å². The number of pyridine rings is 1. The number of nitrogens with zero attached hydrogens (tertiary/aromatic N) is 4. The van der Waals surface area contributed by atoms with Crippen LogP contribution >= 0.6 is 0 Å². The number of aliphatic hydroxyl groups excluding tert-OH is 1. The summed E-state index contributed by atoms with van der Waals surface area (Å²) in [5.74, 6) is -3.50. The number of halogens is 1. The highest BCUT2D eigenvalue weighted by molar-refractivity contribution is 6.03. The van der Waals surface area contributed by atoms with Crippen LogP contribution in [-0.2, 0) is 11.3 Å². The normalized spacial score (nSPS) is 11.5. The molecule has 0 bridgehead atoms. The first-order valence-electron chi connectivity index (χ1n) is 9.34. The molecular weight excluding hydrogens is 435 g/mol. The zero-order valence-electron chi connectivity index (χ0n) is 17.4. The third-order valence-electron chi connectivity index (χ3n) is 4.87. The van der Waals surface area contributed by atoms with Crippen molar-refractivity contribution in [3.05, 3.63) is 75.4 Å². The Balaban J connectivity index is 1.98. The van der Waals surface area contributed by atoms with E-state index in [2.05, 4.69) is 4.98 Å². The molecule has 0 unspecified atom stereocenters. The standard InChI is InChI=1S/C22H17FN4O6/c1-26(11-15-5-12-3-4-25-10-14(12)6-17(15)23)22(30)16(9-24)20(28)13-7-18(27(31)32)21(29)19(8-13)33-2/h3-8,10,28-29H,11H2,1-2H3/b20-16-. The van der Waals surface area contributed by atoms with Gasteiger partial charge in [0.15, 0.2) is 11.3 Å². The van der Waals surface area contributed by atoms with E-state index >= 15 is 0 Å². The van der Waals surface area contributed by atoms with E-state index in [1.165, 1.54) is 19.3 Å². The van der Waals surface area contributed by atoms with Crippen LogP contribution in [0.5, 0.6) is 11.5 Å². The molecule has 0 saturated heterocycles. The lowest BCUT2D eigenvalue weighted by Gasteiger charge is -2.18. The summed E-state index contributed by atoms with van der Waals surface area (Å²) in [7, 11) is 2.45. The summed E-state index contributed by atoms with van der Waals surface area (Å²) < 4.78 is 19.4. The van der Waals surface area contributed by atoms with E-state index in [4.69, 9.17) is 4.74 Å². The number of ether oxygens (including phenoxy) is 1. The molecule has 0 aliphatic heterocycles. The minimum Gasteiger partial charge on any atom is -0.506 e. The molecule has 0 atom stereocenters. The lowest BCUT2D eigenvalue weighted by molar-refractivity contribution is -0.386. The molecule has 0 aliphatic carbocycles. The summed E-state index contributed by atoms with van der Waals surface area (Å²) in [6.45, 7) is -0.222. The number of amides is 1. The predicted octanol–water partition coefficient (Wildman–Crippen LogP) is 3.45. The minimum absolute atomic E-state index is 0.170. The molecule has 2 N–H and O–H groups in total. The molecule has 0 radical (unpaired) electrons. The Labute approximate surface area is 186 Å². The summed E-state index contributed by atoms with van der Waals surface area (Å²) in [5.41, 5.74) is -1.64. The van der Waals surface area contributed by atoms with Crippen molar-refractivity contribution in [2.75, 3.05) is 14.2 Å². The van der Waals surface area contributed by atoms with Gasteiger partial charge < -0.3 is 19.8 Å². The van der Waals surface area contributed by atoms with E-state index in [-0.39, 0.29) is 23.4 Å². The summed E-state index contributed by atoms with van der Waals surface area (Å²) in [5, 5.41) is 42.4. The Hall–Kier alpha value is -4.72. The summed E-state index contributed by atoms with van der Waals surface area (Å²) in [4.78, 5) is 28.1. The summed E-state index contributed by atoms with van der Waals surface area (Å²) >= 11 is 0. The van der Waals surface area contributed by atoms with Crippen molar-refractivity contribution in [2.24, 2.45) is 0 Å². The van der Waals surface area contributed by atoms with Crippen molar-refractivity contribution in [1.29, 1.82) is 5.26 Å². The van der Waals surface area contributed by atoms with Gasteiger partial charge in [0.25, 0.3) is 5.91 Å². The molecule has 3 rings (SSSR count). The molecule has 3 aromatic rings. The van der Waals surface area contributed by atoms with Gasteiger partial charge in [0.05, 0.1) is 12.0 Å². The number of fused-ring (bicyclic) bond motifs is 1. The molecule has 1 heterocycles. The Kier molecular flexibility index (Phi) is 6.39. The third kappa shape index (κ3) is 4.49. The van der Waals surface area contributed by atoms with Gasteiger partial charge in [0.2, 0.25) is 5.75 Å². The van der Waals surface area contributed by atoms with Crippen molar-refractivity contribution in [1.82, 2.24) is 9.88 Å². The topological polar surface area (TPSA) is 150 Å². The molecule has 1 aromatic heterocycles. The molecule has 0 fully saturated rings. The largest absolute Gasteiger partial charge is 0.506 e. The fourth-order valence-corrected chi connectivity index (χ4v) is 3.17. The number of rotatable bonds is 6. The van der Waals surface area contributed by atoms with Crippen LogP contribution in [0.1, 0.15) is 11.1 Å². The van der Waals surface area contributed by atoms with E-state index < -0.39 is 39.4 Å². The van der Waals surface area contributed by atoms with Crippen LogP contribution < -0.4 is 4.74 Å². The number of benzene rings is 2. The molecule has 0 spiro atoms. The molecule has 10 nitrogen and oxygen atoms in total. The summed E-state index contributed by atoms with van der Waals surface area (Å²) in [6, 6.07) is 7.91. The number of hydrogen-bond donors (Lipinski definition) is 2. The molecule has 1 amide bonds. The third-order valence-corrected chi connectivity index (χ3v) is 4.87. The lowest BCUT2D eigenvalue weighted by atomic mass is 10.1. The number of aromatic nitrogens is 1. The van der Waals surface area contributed by atoms with Gasteiger partial charge in [-0.05, 0) is 29.7 Å². The smallest absolute Gasteiger partial charge is 0.315 e.